The highest BCUT2D eigenvalue weighted by Gasteiger charge is 2.30. The van der Waals surface area contributed by atoms with Crippen molar-refractivity contribution >= 4 is 52.6 Å². The molecule has 2 aromatic heterocycles. The summed E-state index contributed by atoms with van der Waals surface area (Å²) in [6, 6.07) is 14.4. The summed E-state index contributed by atoms with van der Waals surface area (Å²) in [5.41, 5.74) is 1.43. The minimum Gasteiger partial charge on any atom is -0.355 e. The van der Waals surface area contributed by atoms with Gasteiger partial charge in [-0.1, -0.05) is 53.2 Å². The van der Waals surface area contributed by atoms with Gasteiger partial charge in [-0.05, 0) is 31.2 Å². The predicted molar refractivity (Wildman–Crippen MR) is 143 cm³/mol. The summed E-state index contributed by atoms with van der Waals surface area (Å²) in [6.07, 6.45) is 2.40. The fraction of sp³-hybridized carbons (Fsp3) is 0.320. The van der Waals surface area contributed by atoms with Gasteiger partial charge in [0.25, 0.3) is 5.91 Å². The van der Waals surface area contributed by atoms with Crippen LogP contribution in [-0.2, 0) is 11.2 Å². The topological polar surface area (TPSA) is 91.3 Å². The Balaban J connectivity index is 1.31. The van der Waals surface area contributed by atoms with Gasteiger partial charge in [-0.15, -0.1) is 0 Å². The molecule has 1 fully saturated rings. The number of nitrogens with zero attached hydrogens (tertiary/aromatic N) is 5. The molecule has 1 aliphatic rings. The number of benzene rings is 1. The van der Waals surface area contributed by atoms with Crippen molar-refractivity contribution in [2.75, 3.05) is 36.8 Å². The quantitative estimate of drug-likeness (QED) is 0.260. The molecule has 1 N–H and O–H groups in total. The lowest BCUT2D eigenvalue weighted by molar-refractivity contribution is -0.118. The van der Waals surface area contributed by atoms with E-state index in [0.29, 0.717) is 59.3 Å². The minimum absolute atomic E-state index is 0.0581. The summed E-state index contributed by atoms with van der Waals surface area (Å²) >= 11 is 13.7. The van der Waals surface area contributed by atoms with Crippen molar-refractivity contribution in [3.63, 3.8) is 0 Å². The first kappa shape index (κ1) is 26.2. The number of piperazine rings is 1. The van der Waals surface area contributed by atoms with Crippen LogP contribution in [0, 0.1) is 0 Å². The van der Waals surface area contributed by atoms with Crippen LogP contribution in [0.15, 0.2) is 59.9 Å². The van der Waals surface area contributed by atoms with E-state index in [-0.39, 0.29) is 23.6 Å². The summed E-state index contributed by atoms with van der Waals surface area (Å²) in [7, 11) is 0. The van der Waals surface area contributed by atoms with Gasteiger partial charge in [-0.3, -0.25) is 14.6 Å². The lowest BCUT2D eigenvalue weighted by Gasteiger charge is -2.40. The smallest absolute Gasteiger partial charge is 0.255 e. The number of carbonyl (C=O) groups excluding carboxylic acids is 2. The number of anilines is 1. The minimum atomic E-state index is -0.110. The van der Waals surface area contributed by atoms with Gasteiger partial charge in [0.2, 0.25) is 5.91 Å². The normalized spacial score (nSPS) is 15.6. The summed E-state index contributed by atoms with van der Waals surface area (Å²) in [4.78, 5) is 42.3. The number of halogens is 2. The zero-order valence-electron chi connectivity index (χ0n) is 19.7. The number of aromatic nitrogens is 3. The molecule has 0 aliphatic carbocycles. The van der Waals surface area contributed by atoms with Gasteiger partial charge in [-0.25, -0.2) is 9.97 Å². The maximum atomic E-state index is 13.0. The molecule has 11 heteroatoms. The third kappa shape index (κ3) is 6.87. The van der Waals surface area contributed by atoms with Crippen LogP contribution >= 0.6 is 35.0 Å². The number of hydrogen-bond donors (Lipinski definition) is 1. The van der Waals surface area contributed by atoms with E-state index in [1.54, 1.807) is 30.5 Å². The maximum absolute atomic E-state index is 13.0. The molecule has 188 valence electrons. The summed E-state index contributed by atoms with van der Waals surface area (Å²) < 4.78 is 0. The van der Waals surface area contributed by atoms with Crippen LogP contribution in [-0.4, -0.2) is 69.6 Å². The Morgan fingerprint density at radius 2 is 1.92 bits per heavy atom. The molecule has 3 aromatic rings. The second-order valence-electron chi connectivity index (χ2n) is 8.31. The molecule has 2 amide bonds. The Bertz CT molecular complexity index is 1220. The number of amides is 2. The maximum Gasteiger partial charge on any atom is 0.255 e. The van der Waals surface area contributed by atoms with Gasteiger partial charge < -0.3 is 15.1 Å². The second-order valence-corrected chi connectivity index (χ2v) is 10.1. The molecule has 0 radical (unpaired) electrons. The first-order chi connectivity index (χ1) is 17.4. The monoisotopic (exact) mass is 544 g/mol. The van der Waals surface area contributed by atoms with Crippen molar-refractivity contribution in [3.8, 4) is 0 Å². The van der Waals surface area contributed by atoms with E-state index in [4.69, 9.17) is 23.2 Å². The van der Waals surface area contributed by atoms with E-state index in [1.165, 1.54) is 11.8 Å². The molecule has 36 heavy (non-hydrogen) atoms. The van der Waals surface area contributed by atoms with Gasteiger partial charge in [0.1, 0.15) is 11.0 Å². The van der Waals surface area contributed by atoms with E-state index in [0.717, 1.165) is 5.69 Å². The van der Waals surface area contributed by atoms with Gasteiger partial charge in [0.15, 0.2) is 5.16 Å². The molecule has 1 aromatic carbocycles. The van der Waals surface area contributed by atoms with Crippen LogP contribution in [0.5, 0.6) is 0 Å². The highest BCUT2D eigenvalue weighted by Crippen LogP contribution is 2.25. The van der Waals surface area contributed by atoms with Crippen molar-refractivity contribution in [2.24, 2.45) is 0 Å². The molecular formula is C25H26Cl2N6O2S. The number of thioether (sulfide) groups is 1. The fourth-order valence-corrected chi connectivity index (χ4v) is 5.05. The van der Waals surface area contributed by atoms with Gasteiger partial charge >= 0.3 is 0 Å². The Hall–Kier alpha value is -2.88. The third-order valence-electron chi connectivity index (χ3n) is 5.74. The standard InChI is InChI=1S/C25H26Cl2N6O2S/c1-17-15-32(12-13-33(17)24(35)19-7-2-3-8-20(19)26)22-14-21(27)30-25(31-22)36-16-23(34)29-11-9-18-6-4-5-10-28-18/h2-8,10,14,17H,9,11-13,15-16H2,1H3,(H,29,34). The lowest BCUT2D eigenvalue weighted by atomic mass is 10.1. The van der Waals surface area contributed by atoms with E-state index < -0.39 is 0 Å². The Labute approximate surface area is 224 Å². The molecule has 8 nitrogen and oxygen atoms in total. The average molecular weight is 545 g/mol. The van der Waals surface area contributed by atoms with Gasteiger partial charge in [-0.2, -0.15) is 0 Å². The summed E-state index contributed by atoms with van der Waals surface area (Å²) in [6.45, 7) is 4.20. The van der Waals surface area contributed by atoms with Crippen molar-refractivity contribution in [3.05, 3.63) is 76.2 Å². The largest absolute Gasteiger partial charge is 0.355 e. The average Bonchev–Trinajstić information content (AvgIpc) is 2.88. The number of rotatable bonds is 8. The molecule has 1 unspecified atom stereocenters. The van der Waals surface area contributed by atoms with Crippen LogP contribution in [0.25, 0.3) is 0 Å². The van der Waals surface area contributed by atoms with E-state index >= 15 is 0 Å². The highest BCUT2D eigenvalue weighted by atomic mass is 35.5. The van der Waals surface area contributed by atoms with Crippen molar-refractivity contribution in [1.29, 1.82) is 0 Å². The van der Waals surface area contributed by atoms with Crippen molar-refractivity contribution < 1.29 is 9.59 Å². The number of pyridine rings is 1. The Kier molecular flexibility index (Phi) is 9.01. The third-order valence-corrected chi connectivity index (χ3v) is 7.11. The van der Waals surface area contributed by atoms with Crippen LogP contribution < -0.4 is 10.2 Å². The van der Waals surface area contributed by atoms with E-state index in [9.17, 15) is 9.59 Å². The van der Waals surface area contributed by atoms with Crippen LogP contribution in [0.1, 0.15) is 23.0 Å². The molecule has 0 spiro atoms. The fourth-order valence-electron chi connectivity index (χ4n) is 3.93. The van der Waals surface area contributed by atoms with Crippen LogP contribution in [0.4, 0.5) is 5.82 Å². The predicted octanol–water partition coefficient (Wildman–Crippen LogP) is 3.98. The molecule has 1 aliphatic heterocycles. The summed E-state index contributed by atoms with van der Waals surface area (Å²) in [5, 5.41) is 4.07. The first-order valence-electron chi connectivity index (χ1n) is 11.5. The van der Waals surface area contributed by atoms with E-state index in [2.05, 4.69) is 25.2 Å². The van der Waals surface area contributed by atoms with Crippen molar-refractivity contribution in [2.45, 2.75) is 24.5 Å². The van der Waals surface area contributed by atoms with E-state index in [1.807, 2.05) is 36.1 Å². The lowest BCUT2D eigenvalue weighted by Crippen LogP contribution is -2.54. The van der Waals surface area contributed by atoms with Crippen molar-refractivity contribution in [1.82, 2.24) is 25.2 Å². The summed E-state index contributed by atoms with van der Waals surface area (Å²) in [5.74, 6) is 0.656. The zero-order chi connectivity index (χ0) is 25.5. The molecule has 3 heterocycles. The SMILES string of the molecule is CC1CN(c2cc(Cl)nc(SCC(=O)NCCc3ccccn3)n2)CCN1C(=O)c1ccccc1Cl. The second kappa shape index (κ2) is 12.4. The van der Waals surface area contributed by atoms with Gasteiger partial charge in [0.05, 0.1) is 16.3 Å². The van der Waals surface area contributed by atoms with Gasteiger partial charge in [0, 0.05) is 56.6 Å². The molecule has 1 atom stereocenters. The van der Waals surface area contributed by atoms with Crippen LogP contribution in [0.3, 0.4) is 0 Å². The molecular weight excluding hydrogens is 519 g/mol. The number of nitrogens with one attached hydrogen (secondary N) is 1. The van der Waals surface area contributed by atoms with Crippen LogP contribution in [0.2, 0.25) is 10.2 Å². The Morgan fingerprint density at radius 3 is 2.67 bits per heavy atom. The number of carbonyl (C=O) groups is 2. The highest BCUT2D eigenvalue weighted by molar-refractivity contribution is 7.99. The zero-order valence-corrected chi connectivity index (χ0v) is 22.1. The number of hydrogen-bond acceptors (Lipinski definition) is 7. The molecule has 0 bridgehead atoms. The molecule has 1 saturated heterocycles. The Morgan fingerprint density at radius 1 is 1.11 bits per heavy atom. The molecule has 4 rings (SSSR count). The first-order valence-corrected chi connectivity index (χ1v) is 13.3. The molecule has 0 saturated carbocycles.